The largest absolute Gasteiger partial charge is 0.394 e. The molecular weight excluding hydrogens is 132 g/mol. The van der Waals surface area contributed by atoms with Gasteiger partial charge in [0.25, 0.3) is 0 Å². The Balaban J connectivity index is 2.79. The number of rotatable bonds is 3. The summed E-state index contributed by atoms with van der Waals surface area (Å²) >= 11 is 0. The van der Waals surface area contributed by atoms with Gasteiger partial charge in [-0.3, -0.25) is 0 Å². The van der Waals surface area contributed by atoms with Crippen molar-refractivity contribution in [2.24, 2.45) is 5.11 Å². The van der Waals surface area contributed by atoms with Crippen molar-refractivity contribution in [2.45, 2.75) is 6.54 Å². The Hall–Kier alpha value is -1.23. The van der Waals surface area contributed by atoms with Crippen LogP contribution in [0.15, 0.2) is 17.4 Å². The summed E-state index contributed by atoms with van der Waals surface area (Å²) in [6, 6.07) is 1.61. The molecule has 5 heteroatoms. The van der Waals surface area contributed by atoms with Crippen molar-refractivity contribution in [3.63, 3.8) is 0 Å². The fourth-order valence-corrected chi connectivity index (χ4v) is 0.688. The molecule has 0 spiro atoms. The van der Waals surface area contributed by atoms with Crippen LogP contribution in [0.2, 0.25) is 0 Å². The lowest BCUT2D eigenvalue weighted by Crippen LogP contribution is -2.02. The van der Waals surface area contributed by atoms with Gasteiger partial charge in [-0.05, 0) is 0 Å². The highest BCUT2D eigenvalue weighted by atomic mass is 16.3. The molecule has 0 unspecified atom stereocenters. The first-order valence-corrected chi connectivity index (χ1v) is 2.88. The van der Waals surface area contributed by atoms with Crippen LogP contribution in [-0.4, -0.2) is 21.5 Å². The van der Waals surface area contributed by atoms with Gasteiger partial charge >= 0.3 is 0 Å². The van der Waals surface area contributed by atoms with Crippen LogP contribution in [0.5, 0.6) is 0 Å². The number of hydrogen-bond donors (Lipinski definition) is 2. The van der Waals surface area contributed by atoms with Crippen LogP contribution < -0.4 is 0 Å². The van der Waals surface area contributed by atoms with Gasteiger partial charge in [0, 0.05) is 6.07 Å². The standard InChI is InChI=1S/C5H8N4O/c6-8-5-1-2-7-9(5)3-4-10/h1-2,6,10H,3-4H2. The second-order valence-electron chi connectivity index (χ2n) is 1.75. The van der Waals surface area contributed by atoms with Crippen molar-refractivity contribution in [3.8, 4) is 0 Å². The maximum atomic E-state index is 8.49. The molecule has 0 radical (unpaired) electrons. The minimum Gasteiger partial charge on any atom is -0.394 e. The van der Waals surface area contributed by atoms with Gasteiger partial charge in [-0.2, -0.15) is 5.10 Å². The molecular formula is C5H8N4O. The predicted octanol–water partition coefficient (Wildman–Crippen LogP) is 0.538. The summed E-state index contributed by atoms with van der Waals surface area (Å²) in [5.74, 6) is 0.467. The molecule has 10 heavy (non-hydrogen) atoms. The molecule has 5 nitrogen and oxygen atoms in total. The molecule has 0 aliphatic heterocycles. The Morgan fingerprint density at radius 3 is 3.20 bits per heavy atom. The lowest BCUT2D eigenvalue weighted by atomic mass is 10.6. The van der Waals surface area contributed by atoms with E-state index in [1.165, 1.54) is 4.68 Å². The van der Waals surface area contributed by atoms with Crippen molar-refractivity contribution in [1.82, 2.24) is 9.78 Å². The van der Waals surface area contributed by atoms with E-state index in [-0.39, 0.29) is 6.61 Å². The van der Waals surface area contributed by atoms with E-state index in [9.17, 15) is 0 Å². The summed E-state index contributed by atoms with van der Waals surface area (Å²) < 4.78 is 1.47. The molecule has 0 saturated carbocycles. The Bertz CT molecular complexity index is 219. The van der Waals surface area contributed by atoms with E-state index in [0.29, 0.717) is 12.4 Å². The van der Waals surface area contributed by atoms with E-state index >= 15 is 0 Å². The quantitative estimate of drug-likeness (QED) is 0.601. The summed E-state index contributed by atoms with van der Waals surface area (Å²) in [6.07, 6.45) is 1.54. The number of hydrogen-bond acceptors (Lipinski definition) is 4. The first-order chi connectivity index (χ1) is 4.88. The molecule has 1 aromatic heterocycles. The van der Waals surface area contributed by atoms with Crippen LogP contribution >= 0.6 is 0 Å². The summed E-state index contributed by atoms with van der Waals surface area (Å²) in [7, 11) is 0. The average molecular weight is 140 g/mol. The minimum atomic E-state index is 0.0181. The Labute approximate surface area is 57.8 Å². The highest BCUT2D eigenvalue weighted by Crippen LogP contribution is 2.08. The average Bonchev–Trinajstić information content (AvgIpc) is 2.36. The lowest BCUT2D eigenvalue weighted by molar-refractivity contribution is 0.270. The molecule has 0 amide bonds. The Kier molecular flexibility index (Phi) is 2.11. The van der Waals surface area contributed by atoms with Crippen molar-refractivity contribution in [3.05, 3.63) is 12.3 Å². The van der Waals surface area contributed by atoms with Gasteiger partial charge in [0.05, 0.1) is 19.3 Å². The topological polar surface area (TPSA) is 74.3 Å². The molecule has 0 fully saturated rings. The van der Waals surface area contributed by atoms with Gasteiger partial charge in [-0.1, -0.05) is 0 Å². The summed E-state index contributed by atoms with van der Waals surface area (Å²) in [6.45, 7) is 0.412. The maximum Gasteiger partial charge on any atom is 0.172 e. The fraction of sp³-hybridized carbons (Fsp3) is 0.400. The van der Waals surface area contributed by atoms with Crippen LogP contribution in [0, 0.1) is 5.53 Å². The second kappa shape index (κ2) is 3.07. The molecule has 0 aromatic carbocycles. The summed E-state index contributed by atoms with van der Waals surface area (Å²) in [5, 5.41) is 15.5. The van der Waals surface area contributed by atoms with Crippen molar-refractivity contribution in [2.75, 3.05) is 6.61 Å². The molecule has 2 N–H and O–H groups in total. The minimum absolute atomic E-state index is 0.0181. The third-order valence-corrected chi connectivity index (χ3v) is 1.12. The van der Waals surface area contributed by atoms with E-state index in [1.807, 2.05) is 0 Å². The van der Waals surface area contributed by atoms with Crippen LogP contribution in [0.4, 0.5) is 5.82 Å². The van der Waals surface area contributed by atoms with E-state index in [2.05, 4.69) is 10.2 Å². The summed E-state index contributed by atoms with van der Waals surface area (Å²) in [4.78, 5) is 0. The van der Waals surface area contributed by atoms with Crippen LogP contribution in [0.1, 0.15) is 0 Å². The highest BCUT2D eigenvalue weighted by molar-refractivity contribution is 5.23. The summed E-state index contributed by atoms with van der Waals surface area (Å²) in [5.41, 5.74) is 6.66. The number of aliphatic hydroxyl groups excluding tert-OH is 1. The molecule has 54 valence electrons. The number of aromatic nitrogens is 2. The van der Waals surface area contributed by atoms with Crippen LogP contribution in [-0.2, 0) is 6.54 Å². The third kappa shape index (κ3) is 1.19. The Morgan fingerprint density at radius 1 is 1.80 bits per heavy atom. The molecule has 0 aliphatic carbocycles. The third-order valence-electron chi connectivity index (χ3n) is 1.12. The van der Waals surface area contributed by atoms with Crippen LogP contribution in [0.3, 0.4) is 0 Å². The maximum absolute atomic E-state index is 8.49. The van der Waals surface area contributed by atoms with Crippen molar-refractivity contribution in [1.29, 1.82) is 5.53 Å². The Morgan fingerprint density at radius 2 is 2.60 bits per heavy atom. The lowest BCUT2D eigenvalue weighted by Gasteiger charge is -1.97. The molecule has 0 aliphatic rings. The van der Waals surface area contributed by atoms with Gasteiger partial charge in [0.15, 0.2) is 5.82 Å². The molecule has 0 bridgehead atoms. The van der Waals surface area contributed by atoms with Gasteiger partial charge in [0.2, 0.25) is 0 Å². The first-order valence-electron chi connectivity index (χ1n) is 2.88. The fourth-order valence-electron chi connectivity index (χ4n) is 0.688. The van der Waals surface area contributed by atoms with E-state index in [1.54, 1.807) is 12.3 Å². The van der Waals surface area contributed by atoms with E-state index in [0.717, 1.165) is 0 Å². The van der Waals surface area contributed by atoms with Crippen molar-refractivity contribution >= 4 is 5.82 Å². The zero-order valence-electron chi connectivity index (χ0n) is 5.36. The number of nitrogens with one attached hydrogen (secondary N) is 1. The van der Waals surface area contributed by atoms with Gasteiger partial charge in [-0.25, -0.2) is 10.2 Å². The molecule has 1 aromatic rings. The van der Waals surface area contributed by atoms with Crippen molar-refractivity contribution < 1.29 is 5.11 Å². The van der Waals surface area contributed by atoms with Gasteiger partial charge in [0.1, 0.15) is 0 Å². The normalized spacial score (nSPS) is 9.70. The molecule has 0 saturated heterocycles. The SMILES string of the molecule is N=Nc1ccnn1CCO. The number of nitrogens with zero attached hydrogens (tertiary/aromatic N) is 3. The first kappa shape index (κ1) is 6.88. The van der Waals surface area contributed by atoms with Gasteiger partial charge in [-0.15, -0.1) is 5.11 Å². The number of aliphatic hydroxyl groups is 1. The molecule has 1 rings (SSSR count). The van der Waals surface area contributed by atoms with E-state index in [4.69, 9.17) is 10.6 Å². The van der Waals surface area contributed by atoms with Gasteiger partial charge < -0.3 is 5.11 Å². The molecule has 0 atom stereocenters. The van der Waals surface area contributed by atoms with Crippen LogP contribution in [0.25, 0.3) is 0 Å². The highest BCUT2D eigenvalue weighted by Gasteiger charge is 1.97. The zero-order chi connectivity index (χ0) is 7.40. The molecule has 1 heterocycles. The zero-order valence-corrected chi connectivity index (χ0v) is 5.36. The predicted molar refractivity (Wildman–Crippen MR) is 34.1 cm³/mol. The smallest absolute Gasteiger partial charge is 0.172 e. The second-order valence-corrected chi connectivity index (χ2v) is 1.75. The monoisotopic (exact) mass is 140 g/mol. The van der Waals surface area contributed by atoms with E-state index < -0.39 is 0 Å².